The molecule has 0 radical (unpaired) electrons. The molecule has 0 amide bonds. The third-order valence-electron chi connectivity index (χ3n) is 1.95. The zero-order valence-electron chi connectivity index (χ0n) is 8.63. The predicted octanol–water partition coefficient (Wildman–Crippen LogP) is 1.44. The Kier molecular flexibility index (Phi) is 5.97. The van der Waals surface area contributed by atoms with Crippen LogP contribution >= 0.6 is 11.8 Å². The Labute approximate surface area is 80.3 Å². The highest BCUT2D eigenvalue weighted by Gasteiger charge is 2.15. The lowest BCUT2D eigenvalue weighted by Crippen LogP contribution is -2.39. The Morgan fingerprint density at radius 2 is 1.83 bits per heavy atom. The van der Waals surface area contributed by atoms with Gasteiger partial charge in [-0.15, -0.1) is 0 Å². The molecular formula is C9H21NOS. The second-order valence-electron chi connectivity index (χ2n) is 3.93. The minimum absolute atomic E-state index is 0.264. The first kappa shape index (κ1) is 12.3. The lowest BCUT2D eigenvalue weighted by atomic mass is 10.1. The summed E-state index contributed by atoms with van der Waals surface area (Å²) in [6.45, 7) is 8.02. The predicted molar refractivity (Wildman–Crippen MR) is 56.8 cm³/mol. The SMILES string of the molecule is CN(CCSCCO)C(C)(C)C. The molecule has 74 valence electrons. The first-order chi connectivity index (χ1) is 5.48. The molecule has 0 aliphatic rings. The summed E-state index contributed by atoms with van der Waals surface area (Å²) in [5.74, 6) is 1.96. The Balaban J connectivity index is 3.38. The number of hydrogen-bond donors (Lipinski definition) is 1. The Morgan fingerprint density at radius 1 is 1.25 bits per heavy atom. The fraction of sp³-hybridized carbons (Fsp3) is 1.00. The van der Waals surface area contributed by atoms with Crippen LogP contribution in [-0.2, 0) is 0 Å². The van der Waals surface area contributed by atoms with Gasteiger partial charge in [0.05, 0.1) is 6.61 Å². The Morgan fingerprint density at radius 3 is 2.25 bits per heavy atom. The number of rotatable bonds is 5. The molecule has 3 heteroatoms. The first-order valence-corrected chi connectivity index (χ1v) is 5.54. The molecule has 0 fully saturated rings. The molecule has 0 rings (SSSR count). The number of nitrogens with zero attached hydrogens (tertiary/aromatic N) is 1. The van der Waals surface area contributed by atoms with Crippen LogP contribution in [-0.4, -0.2) is 47.3 Å². The maximum atomic E-state index is 8.56. The second-order valence-corrected chi connectivity index (χ2v) is 5.15. The smallest absolute Gasteiger partial charge is 0.0521 e. The van der Waals surface area contributed by atoms with Crippen molar-refractivity contribution in [3.05, 3.63) is 0 Å². The second kappa shape index (κ2) is 5.84. The van der Waals surface area contributed by atoms with Crippen molar-refractivity contribution in [2.75, 3.05) is 31.7 Å². The summed E-state index contributed by atoms with van der Waals surface area (Å²) in [4.78, 5) is 2.33. The monoisotopic (exact) mass is 191 g/mol. The van der Waals surface area contributed by atoms with Crippen molar-refractivity contribution < 1.29 is 5.11 Å². The molecule has 0 saturated heterocycles. The summed E-state index contributed by atoms with van der Waals surface area (Å²) in [6, 6.07) is 0. The highest BCUT2D eigenvalue weighted by molar-refractivity contribution is 7.99. The van der Waals surface area contributed by atoms with Crippen LogP contribution in [0.4, 0.5) is 0 Å². The van der Waals surface area contributed by atoms with Crippen molar-refractivity contribution in [3.8, 4) is 0 Å². The molecular weight excluding hydrogens is 170 g/mol. The van der Waals surface area contributed by atoms with E-state index in [1.807, 2.05) is 0 Å². The summed E-state index contributed by atoms with van der Waals surface area (Å²) in [7, 11) is 2.14. The zero-order valence-corrected chi connectivity index (χ0v) is 9.45. The van der Waals surface area contributed by atoms with E-state index in [0.29, 0.717) is 6.61 Å². The molecule has 0 heterocycles. The molecule has 12 heavy (non-hydrogen) atoms. The molecule has 0 aromatic carbocycles. The third-order valence-corrected chi connectivity index (χ3v) is 2.89. The van der Waals surface area contributed by atoms with Crippen LogP contribution in [0.1, 0.15) is 20.8 Å². The highest BCUT2D eigenvalue weighted by atomic mass is 32.2. The van der Waals surface area contributed by atoms with Gasteiger partial charge in [-0.1, -0.05) is 0 Å². The van der Waals surface area contributed by atoms with Crippen molar-refractivity contribution in [1.29, 1.82) is 0 Å². The summed E-state index contributed by atoms with van der Waals surface area (Å²) >= 11 is 1.81. The van der Waals surface area contributed by atoms with E-state index < -0.39 is 0 Å². The minimum Gasteiger partial charge on any atom is -0.396 e. The molecule has 0 aromatic rings. The number of aliphatic hydroxyl groups excluding tert-OH is 1. The van der Waals surface area contributed by atoms with E-state index in [0.717, 1.165) is 18.1 Å². The molecule has 0 bridgehead atoms. The van der Waals surface area contributed by atoms with Gasteiger partial charge in [-0.2, -0.15) is 11.8 Å². The van der Waals surface area contributed by atoms with E-state index in [-0.39, 0.29) is 5.54 Å². The molecule has 0 atom stereocenters. The lowest BCUT2D eigenvalue weighted by molar-refractivity contribution is 0.187. The van der Waals surface area contributed by atoms with Gasteiger partial charge >= 0.3 is 0 Å². The highest BCUT2D eigenvalue weighted by Crippen LogP contribution is 2.11. The van der Waals surface area contributed by atoms with Gasteiger partial charge in [-0.3, -0.25) is 0 Å². The normalized spacial score (nSPS) is 12.5. The molecule has 0 aliphatic carbocycles. The van der Waals surface area contributed by atoms with Crippen LogP contribution in [0.2, 0.25) is 0 Å². The van der Waals surface area contributed by atoms with Gasteiger partial charge in [-0.05, 0) is 27.8 Å². The Hall–Kier alpha value is 0.270. The van der Waals surface area contributed by atoms with E-state index in [1.165, 1.54) is 0 Å². The van der Waals surface area contributed by atoms with E-state index >= 15 is 0 Å². The van der Waals surface area contributed by atoms with Crippen LogP contribution in [0.15, 0.2) is 0 Å². The summed E-state index contributed by atoms with van der Waals surface area (Å²) < 4.78 is 0. The third kappa shape index (κ3) is 5.86. The van der Waals surface area contributed by atoms with Crippen molar-refractivity contribution in [3.63, 3.8) is 0 Å². The van der Waals surface area contributed by atoms with Crippen LogP contribution in [0.3, 0.4) is 0 Å². The van der Waals surface area contributed by atoms with Crippen LogP contribution < -0.4 is 0 Å². The molecule has 0 unspecified atom stereocenters. The largest absolute Gasteiger partial charge is 0.396 e. The standard InChI is InChI=1S/C9H21NOS/c1-9(2,3)10(4)5-7-12-8-6-11/h11H,5-8H2,1-4H3. The topological polar surface area (TPSA) is 23.5 Å². The lowest BCUT2D eigenvalue weighted by Gasteiger charge is -2.31. The van der Waals surface area contributed by atoms with Gasteiger partial charge in [0, 0.05) is 23.6 Å². The fourth-order valence-electron chi connectivity index (χ4n) is 0.704. The van der Waals surface area contributed by atoms with Gasteiger partial charge in [0.2, 0.25) is 0 Å². The van der Waals surface area contributed by atoms with Crippen LogP contribution in [0.5, 0.6) is 0 Å². The van der Waals surface area contributed by atoms with Gasteiger partial charge in [0.1, 0.15) is 0 Å². The fourth-order valence-corrected chi connectivity index (χ4v) is 1.44. The van der Waals surface area contributed by atoms with E-state index in [4.69, 9.17) is 5.11 Å². The molecule has 0 spiro atoms. The van der Waals surface area contributed by atoms with E-state index in [2.05, 4.69) is 32.7 Å². The van der Waals surface area contributed by atoms with Crippen LogP contribution in [0.25, 0.3) is 0 Å². The van der Waals surface area contributed by atoms with Crippen molar-refractivity contribution in [2.45, 2.75) is 26.3 Å². The molecule has 0 aromatic heterocycles. The van der Waals surface area contributed by atoms with Gasteiger partial charge in [0.15, 0.2) is 0 Å². The summed E-state index contributed by atoms with van der Waals surface area (Å²) in [5, 5.41) is 8.56. The van der Waals surface area contributed by atoms with Crippen molar-refractivity contribution in [2.24, 2.45) is 0 Å². The van der Waals surface area contributed by atoms with Gasteiger partial charge in [-0.25, -0.2) is 0 Å². The average Bonchev–Trinajstić information content (AvgIpc) is 1.96. The van der Waals surface area contributed by atoms with E-state index in [9.17, 15) is 0 Å². The van der Waals surface area contributed by atoms with Gasteiger partial charge in [0.25, 0.3) is 0 Å². The number of aliphatic hydroxyl groups is 1. The number of thioether (sulfide) groups is 1. The number of hydrogen-bond acceptors (Lipinski definition) is 3. The average molecular weight is 191 g/mol. The maximum absolute atomic E-state index is 8.56. The summed E-state index contributed by atoms with van der Waals surface area (Å²) in [5.41, 5.74) is 0.264. The summed E-state index contributed by atoms with van der Waals surface area (Å²) in [6.07, 6.45) is 0. The quantitative estimate of drug-likeness (QED) is 0.665. The van der Waals surface area contributed by atoms with Crippen LogP contribution in [0, 0.1) is 0 Å². The molecule has 0 saturated carbocycles. The maximum Gasteiger partial charge on any atom is 0.0521 e. The molecule has 1 N–H and O–H groups in total. The molecule has 0 aliphatic heterocycles. The Bertz CT molecular complexity index is 112. The molecule has 2 nitrogen and oxygen atoms in total. The van der Waals surface area contributed by atoms with Gasteiger partial charge < -0.3 is 10.0 Å². The first-order valence-electron chi connectivity index (χ1n) is 4.38. The zero-order chi connectivity index (χ0) is 9.61. The van der Waals surface area contributed by atoms with Crippen molar-refractivity contribution in [1.82, 2.24) is 4.90 Å². The minimum atomic E-state index is 0.264. The van der Waals surface area contributed by atoms with E-state index in [1.54, 1.807) is 11.8 Å². The van der Waals surface area contributed by atoms with Crippen molar-refractivity contribution >= 4 is 11.8 Å².